The first-order chi connectivity index (χ1) is 18.3. The SMILES string of the molecule is Cc1cc(N2CCN(CCc3c(-c4c(Cl)cccc4Cl)noc3C3CC3)CC2)cc2c1c(C(=O)O)cn2C. The second-order valence-corrected chi connectivity index (χ2v) is 11.3. The smallest absolute Gasteiger partial charge is 0.337 e. The Kier molecular flexibility index (Phi) is 6.62. The van der Waals surface area contributed by atoms with Crippen molar-refractivity contribution in [2.24, 2.45) is 7.05 Å². The third kappa shape index (κ3) is 4.57. The minimum Gasteiger partial charge on any atom is -0.478 e. The van der Waals surface area contributed by atoms with Crippen LogP contribution in [0.25, 0.3) is 22.2 Å². The van der Waals surface area contributed by atoms with Gasteiger partial charge in [-0.25, -0.2) is 4.79 Å². The molecule has 0 unspecified atom stereocenters. The zero-order valence-corrected chi connectivity index (χ0v) is 23.0. The number of hydrogen-bond donors (Lipinski definition) is 1. The van der Waals surface area contributed by atoms with Crippen LogP contribution in [0.3, 0.4) is 0 Å². The Labute approximate surface area is 231 Å². The standard InChI is InChI=1S/C29H30Cl2N4O3/c1-17-14-19(15-24-25(17)21(29(36)37)16-33(24)2)35-12-10-34(11-13-35)9-8-20-27(32-38-28(20)18-6-7-18)26-22(30)4-3-5-23(26)31/h3-5,14-16,18H,6-13H2,1-2H3,(H,36,37). The average Bonchev–Trinajstić information content (AvgIpc) is 3.56. The highest BCUT2D eigenvalue weighted by molar-refractivity contribution is 6.39. The van der Waals surface area contributed by atoms with E-state index in [0.29, 0.717) is 21.5 Å². The first-order valence-electron chi connectivity index (χ1n) is 13.0. The number of piperazine rings is 1. The Morgan fingerprint density at radius 1 is 1.13 bits per heavy atom. The van der Waals surface area contributed by atoms with E-state index in [4.69, 9.17) is 27.7 Å². The van der Waals surface area contributed by atoms with Crippen molar-refractivity contribution in [1.82, 2.24) is 14.6 Å². The van der Waals surface area contributed by atoms with Crippen LogP contribution in [0.15, 0.2) is 41.1 Å². The van der Waals surface area contributed by atoms with Crippen LogP contribution in [0, 0.1) is 6.92 Å². The van der Waals surface area contributed by atoms with Crippen LogP contribution in [-0.2, 0) is 13.5 Å². The van der Waals surface area contributed by atoms with Crippen molar-refractivity contribution in [3.63, 3.8) is 0 Å². The van der Waals surface area contributed by atoms with Gasteiger partial charge in [0.25, 0.3) is 0 Å². The van der Waals surface area contributed by atoms with E-state index in [1.807, 2.05) is 36.7 Å². The Balaban J connectivity index is 1.17. The minimum atomic E-state index is -0.891. The summed E-state index contributed by atoms with van der Waals surface area (Å²) >= 11 is 13.0. The highest BCUT2D eigenvalue weighted by Gasteiger charge is 2.33. The predicted octanol–water partition coefficient (Wildman–Crippen LogP) is 6.39. The van der Waals surface area contributed by atoms with E-state index in [1.165, 1.54) is 0 Å². The summed E-state index contributed by atoms with van der Waals surface area (Å²) in [5.41, 5.74) is 6.09. The van der Waals surface area contributed by atoms with Crippen LogP contribution in [-0.4, -0.2) is 58.4 Å². The average molecular weight is 553 g/mol. The Bertz CT molecular complexity index is 1510. The number of carboxylic acid groups (broad SMARTS) is 1. The summed E-state index contributed by atoms with van der Waals surface area (Å²) in [6, 6.07) is 9.76. The minimum absolute atomic E-state index is 0.355. The summed E-state index contributed by atoms with van der Waals surface area (Å²) in [5.74, 6) is 0.543. The lowest BCUT2D eigenvalue weighted by molar-refractivity contribution is 0.0698. The number of halogens is 2. The van der Waals surface area contributed by atoms with Gasteiger partial charge in [0, 0.05) is 74.1 Å². The van der Waals surface area contributed by atoms with Crippen LogP contribution in [0.1, 0.15) is 46.0 Å². The molecule has 0 bridgehead atoms. The zero-order valence-electron chi connectivity index (χ0n) is 21.5. The van der Waals surface area contributed by atoms with Crippen molar-refractivity contribution in [2.75, 3.05) is 37.6 Å². The summed E-state index contributed by atoms with van der Waals surface area (Å²) in [6.07, 6.45) is 4.80. The van der Waals surface area contributed by atoms with Gasteiger partial charge in [0.1, 0.15) is 11.5 Å². The molecule has 1 saturated carbocycles. The number of carboxylic acids is 1. The van der Waals surface area contributed by atoms with E-state index in [2.05, 4.69) is 27.1 Å². The molecule has 2 aromatic heterocycles. The molecular formula is C29H30Cl2N4O3. The Morgan fingerprint density at radius 3 is 2.50 bits per heavy atom. The van der Waals surface area contributed by atoms with Crippen LogP contribution < -0.4 is 4.90 Å². The van der Waals surface area contributed by atoms with Crippen LogP contribution >= 0.6 is 23.2 Å². The lowest BCUT2D eigenvalue weighted by atomic mass is 10.0. The van der Waals surface area contributed by atoms with E-state index in [0.717, 1.165) is 96.7 Å². The summed E-state index contributed by atoms with van der Waals surface area (Å²) in [6.45, 7) is 6.59. The van der Waals surface area contributed by atoms with Crippen molar-refractivity contribution < 1.29 is 14.4 Å². The maximum absolute atomic E-state index is 11.7. The summed E-state index contributed by atoms with van der Waals surface area (Å²) in [4.78, 5) is 16.6. The molecule has 2 aliphatic rings. The summed E-state index contributed by atoms with van der Waals surface area (Å²) < 4.78 is 7.75. The van der Waals surface area contributed by atoms with Crippen LogP contribution in [0.2, 0.25) is 10.0 Å². The number of benzene rings is 2. The molecule has 198 valence electrons. The predicted molar refractivity (Wildman–Crippen MR) is 151 cm³/mol. The molecule has 6 rings (SSSR count). The summed E-state index contributed by atoms with van der Waals surface area (Å²) in [5, 5.41) is 16.0. The third-order valence-electron chi connectivity index (χ3n) is 7.88. The Hall–Kier alpha value is -3.00. The molecule has 1 N–H and O–H groups in total. The van der Waals surface area contributed by atoms with Gasteiger partial charge in [0.2, 0.25) is 0 Å². The maximum Gasteiger partial charge on any atom is 0.337 e. The van der Waals surface area contributed by atoms with E-state index >= 15 is 0 Å². The molecule has 0 amide bonds. The number of aromatic carboxylic acids is 1. The lowest BCUT2D eigenvalue weighted by Gasteiger charge is -2.36. The maximum atomic E-state index is 11.7. The van der Waals surface area contributed by atoms with Gasteiger partial charge < -0.3 is 19.1 Å². The molecule has 1 saturated heterocycles. The number of aryl methyl sites for hydroxylation is 2. The molecule has 1 aliphatic heterocycles. The van der Waals surface area contributed by atoms with Gasteiger partial charge in [-0.2, -0.15) is 0 Å². The molecule has 38 heavy (non-hydrogen) atoms. The molecule has 2 fully saturated rings. The van der Waals surface area contributed by atoms with Crippen LogP contribution in [0.4, 0.5) is 5.69 Å². The molecule has 7 nitrogen and oxygen atoms in total. The van der Waals surface area contributed by atoms with Crippen molar-refractivity contribution in [3.05, 3.63) is 69.0 Å². The topological polar surface area (TPSA) is 74.7 Å². The number of nitrogens with zero attached hydrogens (tertiary/aromatic N) is 4. The van der Waals surface area contributed by atoms with Gasteiger partial charge in [-0.3, -0.25) is 4.90 Å². The highest BCUT2D eigenvalue weighted by Crippen LogP contribution is 2.46. The largest absolute Gasteiger partial charge is 0.478 e. The molecule has 9 heteroatoms. The van der Waals surface area contributed by atoms with Gasteiger partial charge in [-0.15, -0.1) is 0 Å². The molecule has 0 spiro atoms. The fraction of sp³-hybridized carbons (Fsp3) is 0.379. The number of carbonyl (C=O) groups is 1. The first kappa shape index (κ1) is 25.3. The van der Waals surface area contributed by atoms with Crippen LogP contribution in [0.5, 0.6) is 0 Å². The zero-order chi connectivity index (χ0) is 26.6. The van der Waals surface area contributed by atoms with Gasteiger partial charge in [0.05, 0.1) is 21.1 Å². The normalized spacial score (nSPS) is 16.5. The second kappa shape index (κ2) is 9.95. The van der Waals surface area contributed by atoms with E-state index in [1.54, 1.807) is 6.20 Å². The van der Waals surface area contributed by atoms with Crippen molar-refractivity contribution in [3.8, 4) is 11.3 Å². The number of hydrogen-bond acceptors (Lipinski definition) is 5. The number of rotatable bonds is 7. The van der Waals surface area contributed by atoms with Crippen molar-refractivity contribution >= 4 is 45.8 Å². The van der Waals surface area contributed by atoms with Gasteiger partial charge in [-0.05, 0) is 56.0 Å². The summed E-state index contributed by atoms with van der Waals surface area (Å²) in [7, 11) is 1.90. The number of fused-ring (bicyclic) bond motifs is 1. The quantitative estimate of drug-likeness (QED) is 0.286. The monoisotopic (exact) mass is 552 g/mol. The molecule has 4 aromatic rings. The van der Waals surface area contributed by atoms with Crippen molar-refractivity contribution in [2.45, 2.75) is 32.1 Å². The highest BCUT2D eigenvalue weighted by atomic mass is 35.5. The molecule has 0 atom stereocenters. The van der Waals surface area contributed by atoms with Gasteiger partial charge >= 0.3 is 5.97 Å². The van der Waals surface area contributed by atoms with Crippen molar-refractivity contribution in [1.29, 1.82) is 0 Å². The second-order valence-electron chi connectivity index (χ2n) is 10.4. The molecule has 2 aromatic carbocycles. The number of anilines is 1. The third-order valence-corrected chi connectivity index (χ3v) is 8.51. The Morgan fingerprint density at radius 2 is 1.84 bits per heavy atom. The van der Waals surface area contributed by atoms with E-state index in [9.17, 15) is 9.90 Å². The number of aromatic nitrogens is 2. The van der Waals surface area contributed by atoms with E-state index in [-0.39, 0.29) is 0 Å². The lowest BCUT2D eigenvalue weighted by Crippen LogP contribution is -2.47. The van der Waals surface area contributed by atoms with Gasteiger partial charge in [-0.1, -0.05) is 34.4 Å². The van der Waals surface area contributed by atoms with Gasteiger partial charge in [0.15, 0.2) is 0 Å². The van der Waals surface area contributed by atoms with E-state index < -0.39 is 5.97 Å². The fourth-order valence-corrected chi connectivity index (χ4v) is 6.28. The molecular weight excluding hydrogens is 523 g/mol. The fourth-order valence-electron chi connectivity index (χ4n) is 5.70. The molecule has 0 radical (unpaired) electrons. The molecule has 3 heterocycles. The molecule has 1 aliphatic carbocycles. The first-order valence-corrected chi connectivity index (χ1v) is 13.8.